The summed E-state index contributed by atoms with van der Waals surface area (Å²) >= 11 is 5.94. The molecule has 0 radical (unpaired) electrons. The van der Waals surface area contributed by atoms with Gasteiger partial charge in [-0.1, -0.05) is 11.6 Å². The van der Waals surface area contributed by atoms with E-state index in [2.05, 4.69) is 15.5 Å². The number of carbonyl (C=O) groups excluding carboxylic acids is 1. The molecule has 0 bridgehead atoms. The van der Waals surface area contributed by atoms with E-state index in [-0.39, 0.29) is 11.9 Å². The second kappa shape index (κ2) is 6.76. The number of carbonyl (C=O) groups is 1. The highest BCUT2D eigenvalue weighted by Crippen LogP contribution is 2.12. The molecule has 0 aromatic carbocycles. The topological polar surface area (TPSA) is 64.7 Å². The van der Waals surface area contributed by atoms with Crippen molar-refractivity contribution in [3.8, 4) is 0 Å². The van der Waals surface area contributed by atoms with Crippen LogP contribution in [0.15, 0.2) is 18.5 Å². The van der Waals surface area contributed by atoms with Crippen molar-refractivity contribution in [2.24, 2.45) is 0 Å². The number of hydrogen-bond acceptors (Lipinski definition) is 3. The molecule has 2 aromatic heterocycles. The monoisotopic (exact) mass is 309 g/mol. The van der Waals surface area contributed by atoms with Gasteiger partial charge in [-0.25, -0.2) is 0 Å². The van der Waals surface area contributed by atoms with Crippen molar-refractivity contribution in [2.75, 3.05) is 6.54 Å². The number of amides is 1. The smallest absolute Gasteiger partial charge is 0.244 e. The third-order valence-corrected chi connectivity index (χ3v) is 3.74. The SMILES string of the molecule is Cc1nn(CCCNC(=O)C(C)n2nccc2C)cc1Cl. The highest BCUT2D eigenvalue weighted by atomic mass is 35.5. The molecular weight excluding hydrogens is 290 g/mol. The summed E-state index contributed by atoms with van der Waals surface area (Å²) in [6, 6.07) is 1.58. The Morgan fingerprint density at radius 3 is 2.81 bits per heavy atom. The van der Waals surface area contributed by atoms with Crippen molar-refractivity contribution in [1.82, 2.24) is 24.9 Å². The number of aryl methyl sites for hydroxylation is 3. The van der Waals surface area contributed by atoms with Crippen LogP contribution in [0, 0.1) is 13.8 Å². The first-order valence-corrected chi connectivity index (χ1v) is 7.34. The standard InChI is InChI=1S/C14H20ClN5O/c1-10-5-7-17-20(10)12(3)14(21)16-6-4-8-19-9-13(15)11(2)18-19/h5,7,9,12H,4,6,8H2,1-3H3,(H,16,21). The Labute approximate surface area is 129 Å². The minimum absolute atomic E-state index is 0.0310. The van der Waals surface area contributed by atoms with E-state index in [1.165, 1.54) is 0 Å². The van der Waals surface area contributed by atoms with Crippen LogP contribution in [0.2, 0.25) is 5.02 Å². The minimum Gasteiger partial charge on any atom is -0.354 e. The third kappa shape index (κ3) is 3.85. The fraction of sp³-hybridized carbons (Fsp3) is 0.500. The van der Waals surface area contributed by atoms with E-state index in [9.17, 15) is 4.79 Å². The molecule has 6 nitrogen and oxygen atoms in total. The molecule has 0 saturated heterocycles. The van der Waals surface area contributed by atoms with Crippen molar-refractivity contribution in [1.29, 1.82) is 0 Å². The van der Waals surface area contributed by atoms with Crippen LogP contribution in [0.3, 0.4) is 0 Å². The summed E-state index contributed by atoms with van der Waals surface area (Å²) in [6.07, 6.45) is 4.30. The lowest BCUT2D eigenvalue weighted by atomic mass is 10.3. The summed E-state index contributed by atoms with van der Waals surface area (Å²) in [6.45, 7) is 6.96. The van der Waals surface area contributed by atoms with E-state index in [0.717, 1.165) is 24.4 Å². The van der Waals surface area contributed by atoms with Gasteiger partial charge >= 0.3 is 0 Å². The summed E-state index contributed by atoms with van der Waals surface area (Å²) < 4.78 is 3.51. The Morgan fingerprint density at radius 2 is 2.24 bits per heavy atom. The maximum atomic E-state index is 12.0. The molecule has 2 rings (SSSR count). The highest BCUT2D eigenvalue weighted by molar-refractivity contribution is 6.31. The van der Waals surface area contributed by atoms with Crippen LogP contribution in [-0.4, -0.2) is 32.0 Å². The van der Waals surface area contributed by atoms with Crippen LogP contribution in [0.5, 0.6) is 0 Å². The van der Waals surface area contributed by atoms with E-state index >= 15 is 0 Å². The van der Waals surface area contributed by atoms with Gasteiger partial charge in [0.05, 0.1) is 10.7 Å². The zero-order valence-corrected chi connectivity index (χ0v) is 13.3. The maximum absolute atomic E-state index is 12.0. The van der Waals surface area contributed by atoms with Crippen molar-refractivity contribution in [2.45, 2.75) is 39.8 Å². The number of nitrogens with zero attached hydrogens (tertiary/aromatic N) is 4. The number of halogens is 1. The van der Waals surface area contributed by atoms with Crippen LogP contribution < -0.4 is 5.32 Å². The zero-order chi connectivity index (χ0) is 15.4. The summed E-state index contributed by atoms with van der Waals surface area (Å²) in [5.41, 5.74) is 1.79. The molecule has 1 atom stereocenters. The van der Waals surface area contributed by atoms with Crippen LogP contribution in [0.4, 0.5) is 0 Å². The van der Waals surface area contributed by atoms with Gasteiger partial charge in [0.2, 0.25) is 5.91 Å². The Kier molecular flexibility index (Phi) is 5.01. The summed E-state index contributed by atoms with van der Waals surface area (Å²) in [4.78, 5) is 12.0. The quantitative estimate of drug-likeness (QED) is 0.831. The number of rotatable bonds is 6. The first-order chi connectivity index (χ1) is 9.99. The molecule has 21 heavy (non-hydrogen) atoms. The lowest BCUT2D eigenvalue weighted by Crippen LogP contribution is -2.33. The van der Waals surface area contributed by atoms with Gasteiger partial charge in [0.25, 0.3) is 0 Å². The molecule has 2 aromatic rings. The fourth-order valence-corrected chi connectivity index (χ4v) is 2.26. The van der Waals surface area contributed by atoms with Gasteiger partial charge in [-0.3, -0.25) is 14.2 Å². The Bertz CT molecular complexity index is 599. The van der Waals surface area contributed by atoms with Crippen LogP contribution >= 0.6 is 11.6 Å². The second-order valence-electron chi connectivity index (χ2n) is 5.06. The number of hydrogen-bond donors (Lipinski definition) is 1. The molecule has 1 unspecified atom stereocenters. The van der Waals surface area contributed by atoms with Crippen molar-refractivity contribution in [3.63, 3.8) is 0 Å². The first-order valence-electron chi connectivity index (χ1n) is 6.96. The van der Waals surface area contributed by atoms with Crippen molar-refractivity contribution < 1.29 is 4.79 Å². The van der Waals surface area contributed by atoms with Gasteiger partial charge in [0, 0.05) is 31.2 Å². The zero-order valence-electron chi connectivity index (χ0n) is 12.5. The predicted octanol–water partition coefficient (Wildman–Crippen LogP) is 2.12. The molecule has 2 heterocycles. The van der Waals surface area contributed by atoms with Gasteiger partial charge in [0.15, 0.2) is 0 Å². The largest absolute Gasteiger partial charge is 0.354 e. The van der Waals surface area contributed by atoms with E-state index in [4.69, 9.17) is 11.6 Å². The van der Waals surface area contributed by atoms with Crippen molar-refractivity contribution in [3.05, 3.63) is 34.9 Å². The summed E-state index contributed by atoms with van der Waals surface area (Å²) in [5, 5.41) is 12.0. The van der Waals surface area contributed by atoms with Crippen LogP contribution in [0.1, 0.15) is 30.8 Å². The molecule has 0 fully saturated rings. The Hall–Kier alpha value is -1.82. The van der Waals surface area contributed by atoms with E-state index in [1.807, 2.05) is 26.8 Å². The lowest BCUT2D eigenvalue weighted by molar-refractivity contribution is -0.124. The third-order valence-electron chi connectivity index (χ3n) is 3.36. The highest BCUT2D eigenvalue weighted by Gasteiger charge is 2.16. The Morgan fingerprint density at radius 1 is 1.48 bits per heavy atom. The molecule has 7 heteroatoms. The van der Waals surface area contributed by atoms with Crippen molar-refractivity contribution >= 4 is 17.5 Å². The molecule has 0 saturated carbocycles. The van der Waals surface area contributed by atoms with Gasteiger partial charge in [-0.05, 0) is 33.3 Å². The molecule has 0 aliphatic heterocycles. The lowest BCUT2D eigenvalue weighted by Gasteiger charge is -2.14. The fourth-order valence-electron chi connectivity index (χ4n) is 2.11. The number of aromatic nitrogens is 4. The molecule has 0 spiro atoms. The average molecular weight is 310 g/mol. The van der Waals surface area contributed by atoms with E-state index < -0.39 is 0 Å². The minimum atomic E-state index is -0.304. The molecule has 0 aliphatic carbocycles. The first kappa shape index (κ1) is 15.6. The summed E-state index contributed by atoms with van der Waals surface area (Å²) in [7, 11) is 0. The van der Waals surface area contributed by atoms with Crippen LogP contribution in [-0.2, 0) is 11.3 Å². The predicted molar refractivity (Wildman–Crippen MR) is 81.3 cm³/mol. The second-order valence-corrected chi connectivity index (χ2v) is 5.47. The van der Waals surface area contributed by atoms with Gasteiger partial charge < -0.3 is 5.32 Å². The maximum Gasteiger partial charge on any atom is 0.244 e. The normalized spacial score (nSPS) is 12.4. The molecule has 1 N–H and O–H groups in total. The molecule has 114 valence electrons. The molecular formula is C14H20ClN5O. The Balaban J connectivity index is 1.75. The van der Waals surface area contributed by atoms with E-state index in [1.54, 1.807) is 21.8 Å². The van der Waals surface area contributed by atoms with E-state index in [0.29, 0.717) is 11.6 Å². The van der Waals surface area contributed by atoms with Gasteiger partial charge in [0.1, 0.15) is 6.04 Å². The van der Waals surface area contributed by atoms with Crippen LogP contribution in [0.25, 0.3) is 0 Å². The summed E-state index contributed by atoms with van der Waals surface area (Å²) in [5.74, 6) is -0.0310. The van der Waals surface area contributed by atoms with Gasteiger partial charge in [-0.15, -0.1) is 0 Å². The van der Waals surface area contributed by atoms with Gasteiger partial charge in [-0.2, -0.15) is 10.2 Å². The average Bonchev–Trinajstić information content (AvgIpc) is 3.00. The molecule has 1 amide bonds. The molecule has 0 aliphatic rings. The number of nitrogens with one attached hydrogen (secondary N) is 1.